The van der Waals surface area contributed by atoms with Gasteiger partial charge in [-0.3, -0.25) is 4.79 Å². The summed E-state index contributed by atoms with van der Waals surface area (Å²) in [6.07, 6.45) is 18.1. The Bertz CT molecular complexity index is 942. The molecule has 5 saturated carbocycles. The predicted octanol–water partition coefficient (Wildman–Crippen LogP) is 8.27. The number of hydrogen-bond donors (Lipinski definition) is 1. The highest BCUT2D eigenvalue weighted by Gasteiger charge is 2.67. The molecule has 5 nitrogen and oxygen atoms in total. The predicted molar refractivity (Wildman–Crippen MR) is 175 cm³/mol. The molecule has 9 unspecified atom stereocenters. The standard InChI is InChI=1S/C34H57NO4.C4H10/c1-31(2)27-11-16-32(3)25-10-18-34(30(37)35-19-13-23(14-20-35)39-22-21-38-5)15-6-7-26(34)24(25)8-9-28(32)33(27,4)17-12-29(31)36;1-3-4-2/h23-29,36H,6-22H2,1-5H3;3-4H2,1-2H3. The first-order valence-electron chi connectivity index (χ1n) is 18.6. The molecule has 6 rings (SSSR count). The van der Waals surface area contributed by atoms with Gasteiger partial charge in [0.15, 0.2) is 0 Å². The van der Waals surface area contributed by atoms with Gasteiger partial charge in [-0.1, -0.05) is 60.8 Å². The number of unbranched alkanes of at least 4 members (excludes halogenated alkanes) is 1. The van der Waals surface area contributed by atoms with Crippen molar-refractivity contribution in [1.29, 1.82) is 0 Å². The molecule has 0 aromatic carbocycles. The van der Waals surface area contributed by atoms with Crippen molar-refractivity contribution in [3.63, 3.8) is 0 Å². The number of aliphatic hydroxyl groups excluding tert-OH is 1. The summed E-state index contributed by atoms with van der Waals surface area (Å²) in [5.41, 5.74) is 0.664. The van der Waals surface area contributed by atoms with E-state index in [1.165, 1.54) is 64.2 Å². The second-order valence-electron chi connectivity index (χ2n) is 16.9. The van der Waals surface area contributed by atoms with Crippen molar-refractivity contribution in [2.45, 2.75) is 150 Å². The topological polar surface area (TPSA) is 59.0 Å². The van der Waals surface area contributed by atoms with E-state index in [2.05, 4.69) is 46.4 Å². The summed E-state index contributed by atoms with van der Waals surface area (Å²) in [6, 6.07) is 0. The Labute approximate surface area is 264 Å². The fraction of sp³-hybridized carbons (Fsp3) is 0.974. The van der Waals surface area contributed by atoms with E-state index in [9.17, 15) is 9.90 Å². The maximum atomic E-state index is 14.3. The quantitative estimate of drug-likeness (QED) is 0.311. The summed E-state index contributed by atoms with van der Waals surface area (Å²) < 4.78 is 11.1. The van der Waals surface area contributed by atoms with Crippen LogP contribution in [0.2, 0.25) is 0 Å². The molecule has 5 heteroatoms. The van der Waals surface area contributed by atoms with Crippen molar-refractivity contribution < 1.29 is 19.4 Å². The van der Waals surface area contributed by atoms with Crippen LogP contribution in [0.1, 0.15) is 138 Å². The third-order valence-corrected chi connectivity index (χ3v) is 14.8. The molecule has 5 aliphatic carbocycles. The van der Waals surface area contributed by atoms with Gasteiger partial charge in [0.25, 0.3) is 0 Å². The molecule has 6 fully saturated rings. The largest absolute Gasteiger partial charge is 0.393 e. The maximum Gasteiger partial charge on any atom is 0.229 e. The monoisotopic (exact) mass is 602 g/mol. The highest BCUT2D eigenvalue weighted by Crippen LogP contribution is 2.73. The van der Waals surface area contributed by atoms with E-state index >= 15 is 0 Å². The molecule has 1 heterocycles. The molecule has 1 N–H and O–H groups in total. The van der Waals surface area contributed by atoms with E-state index in [0.717, 1.165) is 62.9 Å². The summed E-state index contributed by atoms with van der Waals surface area (Å²) >= 11 is 0. The minimum atomic E-state index is -0.155. The average Bonchev–Trinajstić information content (AvgIpc) is 3.45. The maximum absolute atomic E-state index is 14.3. The van der Waals surface area contributed by atoms with Crippen LogP contribution in [0.3, 0.4) is 0 Å². The average molecular weight is 602 g/mol. The highest BCUT2D eigenvalue weighted by molar-refractivity contribution is 5.84. The molecule has 6 aliphatic rings. The Kier molecular flexibility index (Phi) is 10.4. The number of ether oxygens (including phenoxy) is 2. The summed E-state index contributed by atoms with van der Waals surface area (Å²) in [5.74, 6) is 3.98. The zero-order valence-corrected chi connectivity index (χ0v) is 29.1. The molecule has 43 heavy (non-hydrogen) atoms. The molecule has 9 atom stereocenters. The molecule has 0 spiro atoms. The number of amides is 1. The zero-order chi connectivity index (χ0) is 31.0. The number of carbonyl (C=O) groups excluding carboxylic acids is 1. The van der Waals surface area contributed by atoms with Gasteiger partial charge >= 0.3 is 0 Å². The normalized spacial score (nSPS) is 43.9. The number of fused-ring (bicyclic) bond motifs is 7. The Morgan fingerprint density at radius 1 is 0.767 bits per heavy atom. The number of hydrogen-bond acceptors (Lipinski definition) is 4. The second-order valence-corrected chi connectivity index (χ2v) is 16.9. The molecular formula is C38H67NO4. The number of likely N-dealkylation sites (tertiary alicyclic amines) is 1. The van der Waals surface area contributed by atoms with Crippen LogP contribution >= 0.6 is 0 Å². The number of piperidine rings is 1. The molecule has 0 aromatic heterocycles. The lowest BCUT2D eigenvalue weighted by Crippen LogP contribution is -2.64. The molecular weight excluding hydrogens is 534 g/mol. The Morgan fingerprint density at radius 2 is 1.47 bits per heavy atom. The fourth-order valence-corrected chi connectivity index (χ4v) is 12.4. The minimum Gasteiger partial charge on any atom is -0.393 e. The van der Waals surface area contributed by atoms with E-state index in [-0.39, 0.29) is 23.0 Å². The van der Waals surface area contributed by atoms with E-state index < -0.39 is 0 Å². The van der Waals surface area contributed by atoms with Gasteiger partial charge in [0.2, 0.25) is 5.91 Å². The first-order chi connectivity index (χ1) is 20.5. The van der Waals surface area contributed by atoms with Gasteiger partial charge in [-0.25, -0.2) is 0 Å². The SMILES string of the molecule is CCCC.COCCOC1CCN(C(=O)C23CCCC2C2CCC4C(C)(CCC5C(C)(C)C(O)CCC54C)C2CC3)CC1. The van der Waals surface area contributed by atoms with Gasteiger partial charge in [0.1, 0.15) is 0 Å². The molecule has 1 saturated heterocycles. The van der Waals surface area contributed by atoms with Crippen molar-refractivity contribution in [3.05, 3.63) is 0 Å². The second kappa shape index (κ2) is 13.2. The lowest BCUT2D eigenvalue weighted by molar-refractivity contribution is -0.215. The van der Waals surface area contributed by atoms with Crippen molar-refractivity contribution >= 4 is 5.91 Å². The molecule has 0 radical (unpaired) electrons. The van der Waals surface area contributed by atoms with Crippen molar-refractivity contribution in [2.75, 3.05) is 33.4 Å². The highest BCUT2D eigenvalue weighted by atomic mass is 16.5. The lowest BCUT2D eigenvalue weighted by atomic mass is 9.36. The van der Waals surface area contributed by atoms with E-state index in [0.29, 0.717) is 41.8 Å². The van der Waals surface area contributed by atoms with Gasteiger partial charge in [-0.15, -0.1) is 0 Å². The van der Waals surface area contributed by atoms with Crippen LogP contribution in [-0.2, 0) is 14.3 Å². The van der Waals surface area contributed by atoms with Gasteiger partial charge in [-0.2, -0.15) is 0 Å². The third-order valence-electron chi connectivity index (χ3n) is 14.8. The van der Waals surface area contributed by atoms with Gasteiger partial charge in [0.05, 0.1) is 30.8 Å². The number of methoxy groups -OCH3 is 1. The van der Waals surface area contributed by atoms with E-state index in [1.54, 1.807) is 7.11 Å². The molecule has 0 bridgehead atoms. The summed E-state index contributed by atoms with van der Waals surface area (Å²) in [4.78, 5) is 16.6. The van der Waals surface area contributed by atoms with Crippen LogP contribution in [0.15, 0.2) is 0 Å². The molecule has 1 aliphatic heterocycles. The van der Waals surface area contributed by atoms with Crippen LogP contribution in [0.4, 0.5) is 0 Å². The van der Waals surface area contributed by atoms with E-state index in [4.69, 9.17) is 9.47 Å². The summed E-state index contributed by atoms with van der Waals surface area (Å²) in [5, 5.41) is 10.9. The van der Waals surface area contributed by atoms with Crippen LogP contribution in [0, 0.1) is 51.2 Å². The zero-order valence-electron chi connectivity index (χ0n) is 29.1. The summed E-state index contributed by atoms with van der Waals surface area (Å²) in [6.45, 7) is 17.4. The summed E-state index contributed by atoms with van der Waals surface area (Å²) in [7, 11) is 1.72. The van der Waals surface area contributed by atoms with Gasteiger partial charge < -0.3 is 19.5 Å². The first kappa shape index (κ1) is 33.7. The number of nitrogens with zero attached hydrogens (tertiary/aromatic N) is 1. The Hall–Kier alpha value is -0.650. The van der Waals surface area contributed by atoms with E-state index in [1.807, 2.05) is 0 Å². The van der Waals surface area contributed by atoms with Gasteiger partial charge in [0, 0.05) is 20.2 Å². The van der Waals surface area contributed by atoms with Crippen LogP contribution in [0.5, 0.6) is 0 Å². The minimum absolute atomic E-state index is 0.0209. The Balaban J connectivity index is 0.000000868. The molecule has 248 valence electrons. The third kappa shape index (κ3) is 5.77. The van der Waals surface area contributed by atoms with Crippen molar-refractivity contribution in [1.82, 2.24) is 4.90 Å². The molecule has 0 aromatic rings. The van der Waals surface area contributed by atoms with Crippen LogP contribution < -0.4 is 0 Å². The van der Waals surface area contributed by atoms with Crippen LogP contribution in [-0.4, -0.2) is 61.5 Å². The van der Waals surface area contributed by atoms with Crippen molar-refractivity contribution in [3.8, 4) is 0 Å². The number of carbonyl (C=O) groups is 1. The fourth-order valence-electron chi connectivity index (χ4n) is 12.4. The first-order valence-corrected chi connectivity index (χ1v) is 18.6. The smallest absolute Gasteiger partial charge is 0.229 e. The van der Waals surface area contributed by atoms with Crippen LogP contribution in [0.25, 0.3) is 0 Å². The van der Waals surface area contributed by atoms with Gasteiger partial charge in [-0.05, 0) is 123 Å². The lowest BCUT2D eigenvalue weighted by Gasteiger charge is -2.69. The molecule has 1 amide bonds. The number of aliphatic hydroxyl groups is 1. The number of rotatable bonds is 6. The Morgan fingerprint density at radius 3 is 2.14 bits per heavy atom. The van der Waals surface area contributed by atoms with Crippen molar-refractivity contribution in [2.24, 2.45) is 51.2 Å².